The molecule has 1 heterocycles. The molecule has 4 N–H and O–H groups in total. The van der Waals surface area contributed by atoms with Crippen molar-refractivity contribution in [3.63, 3.8) is 0 Å². The highest BCUT2D eigenvalue weighted by Crippen LogP contribution is 2.39. The molecule has 0 unspecified atom stereocenters. The molecule has 5 nitrogen and oxygen atoms in total. The van der Waals surface area contributed by atoms with Crippen LogP contribution in [0, 0.1) is 11.6 Å². The van der Waals surface area contributed by atoms with Crippen LogP contribution in [0.5, 0.6) is 0 Å². The Morgan fingerprint density at radius 1 is 1.05 bits per heavy atom. The molecular weight excluding hydrogens is 276 g/mol. The monoisotopic (exact) mass is 293 g/mol. The average molecular weight is 293 g/mol. The van der Waals surface area contributed by atoms with E-state index in [9.17, 15) is 8.78 Å². The van der Waals surface area contributed by atoms with Crippen molar-refractivity contribution in [1.82, 2.24) is 0 Å². The van der Waals surface area contributed by atoms with Gasteiger partial charge in [-0.05, 0) is 37.8 Å². The molecule has 1 saturated carbocycles. The Morgan fingerprint density at radius 3 is 2.43 bits per heavy atom. The van der Waals surface area contributed by atoms with Crippen LogP contribution in [0.2, 0.25) is 0 Å². The zero-order valence-electron chi connectivity index (χ0n) is 11.5. The molecule has 0 aromatic heterocycles. The van der Waals surface area contributed by atoms with Gasteiger partial charge in [-0.15, -0.1) is 0 Å². The predicted octanol–water partition coefficient (Wildman–Crippen LogP) is 2.07. The van der Waals surface area contributed by atoms with Crippen LogP contribution in [0.3, 0.4) is 0 Å². The zero-order chi connectivity index (χ0) is 15.0. The maximum Gasteiger partial charge on any atom is 0.220 e. The number of benzene rings is 1. The van der Waals surface area contributed by atoms with Crippen molar-refractivity contribution in [3.8, 4) is 0 Å². The van der Waals surface area contributed by atoms with Crippen molar-refractivity contribution in [3.05, 3.63) is 29.8 Å². The van der Waals surface area contributed by atoms with E-state index in [0.29, 0.717) is 5.69 Å². The second-order valence-corrected chi connectivity index (χ2v) is 5.42. The van der Waals surface area contributed by atoms with Gasteiger partial charge in [0.15, 0.2) is 11.6 Å². The highest BCUT2D eigenvalue weighted by atomic mass is 19.2. The van der Waals surface area contributed by atoms with Crippen molar-refractivity contribution >= 4 is 17.6 Å². The Kier molecular flexibility index (Phi) is 3.27. The number of guanidine groups is 2. The summed E-state index contributed by atoms with van der Waals surface area (Å²) in [6.45, 7) is 0. The van der Waals surface area contributed by atoms with E-state index in [0.717, 1.165) is 44.2 Å². The van der Waals surface area contributed by atoms with Gasteiger partial charge < -0.3 is 11.5 Å². The number of rotatable bonds is 1. The van der Waals surface area contributed by atoms with Gasteiger partial charge >= 0.3 is 0 Å². The molecular formula is C14H17F2N5. The Balaban J connectivity index is 2.08. The fourth-order valence-electron chi connectivity index (χ4n) is 3.12. The lowest BCUT2D eigenvalue weighted by molar-refractivity contribution is 0.305. The molecule has 112 valence electrons. The molecule has 7 heteroatoms. The molecule has 1 aliphatic carbocycles. The molecule has 0 atom stereocenters. The molecule has 3 rings (SSSR count). The molecule has 0 amide bonds. The van der Waals surface area contributed by atoms with Gasteiger partial charge in [-0.1, -0.05) is 6.42 Å². The van der Waals surface area contributed by atoms with E-state index >= 15 is 0 Å². The van der Waals surface area contributed by atoms with Gasteiger partial charge in [-0.25, -0.2) is 13.8 Å². The van der Waals surface area contributed by atoms with E-state index in [1.54, 1.807) is 4.90 Å². The van der Waals surface area contributed by atoms with Gasteiger partial charge in [-0.3, -0.25) is 4.90 Å². The van der Waals surface area contributed by atoms with Crippen LogP contribution >= 0.6 is 0 Å². The maximum atomic E-state index is 13.6. The summed E-state index contributed by atoms with van der Waals surface area (Å²) >= 11 is 0. The number of nitrogens with two attached hydrogens (primary N) is 2. The third-order valence-corrected chi connectivity index (χ3v) is 4.01. The van der Waals surface area contributed by atoms with Crippen molar-refractivity contribution in [2.24, 2.45) is 21.5 Å². The Morgan fingerprint density at radius 2 is 1.76 bits per heavy atom. The molecule has 1 spiro atoms. The van der Waals surface area contributed by atoms with Gasteiger partial charge in [0.05, 0.1) is 0 Å². The fraction of sp³-hybridized carbons (Fsp3) is 0.429. The standard InChI is InChI=1S/C14H17F2N5/c15-10-5-4-9(8-11(10)16)21-13(18)19-12(17)20-14(21)6-2-1-3-7-14/h4-5,8H,1-3,6-7H2,(H4,17,18,19,20). The largest absolute Gasteiger partial charge is 0.369 e. The number of aliphatic imine (C=N–C) groups is 2. The summed E-state index contributed by atoms with van der Waals surface area (Å²) in [6, 6.07) is 3.68. The number of nitrogens with zero attached hydrogens (tertiary/aromatic N) is 3. The Bertz CT molecular complexity index is 620. The fourth-order valence-corrected chi connectivity index (χ4v) is 3.12. The van der Waals surface area contributed by atoms with Crippen LogP contribution in [0.4, 0.5) is 14.5 Å². The molecule has 21 heavy (non-hydrogen) atoms. The first-order valence-corrected chi connectivity index (χ1v) is 6.97. The topological polar surface area (TPSA) is 80.0 Å². The van der Waals surface area contributed by atoms with E-state index in [1.165, 1.54) is 6.07 Å². The van der Waals surface area contributed by atoms with Crippen molar-refractivity contribution in [1.29, 1.82) is 0 Å². The summed E-state index contributed by atoms with van der Waals surface area (Å²) in [5, 5.41) is 0. The normalized spacial score (nSPS) is 21.1. The molecule has 0 bridgehead atoms. The molecule has 1 aliphatic heterocycles. The number of halogens is 2. The molecule has 0 radical (unpaired) electrons. The van der Waals surface area contributed by atoms with E-state index in [1.807, 2.05) is 0 Å². The highest BCUT2D eigenvalue weighted by Gasteiger charge is 2.42. The van der Waals surface area contributed by atoms with Crippen molar-refractivity contribution in [2.45, 2.75) is 37.8 Å². The first-order chi connectivity index (χ1) is 10.0. The van der Waals surface area contributed by atoms with Crippen LogP contribution < -0.4 is 16.4 Å². The minimum absolute atomic E-state index is 0.133. The van der Waals surface area contributed by atoms with Crippen molar-refractivity contribution in [2.75, 3.05) is 4.90 Å². The van der Waals surface area contributed by atoms with Crippen LogP contribution in [0.15, 0.2) is 28.2 Å². The van der Waals surface area contributed by atoms with E-state index in [2.05, 4.69) is 9.98 Å². The summed E-state index contributed by atoms with van der Waals surface area (Å²) in [4.78, 5) is 10.1. The minimum Gasteiger partial charge on any atom is -0.369 e. The van der Waals surface area contributed by atoms with E-state index < -0.39 is 17.3 Å². The summed E-state index contributed by atoms with van der Waals surface area (Å²) in [6.07, 6.45) is 4.57. The molecule has 1 fully saturated rings. The van der Waals surface area contributed by atoms with Crippen LogP contribution in [0.25, 0.3) is 0 Å². The second-order valence-electron chi connectivity index (χ2n) is 5.42. The lowest BCUT2D eigenvalue weighted by Crippen LogP contribution is -2.58. The lowest BCUT2D eigenvalue weighted by Gasteiger charge is -2.45. The molecule has 0 saturated heterocycles. The average Bonchev–Trinajstić information content (AvgIpc) is 2.42. The number of hydrogen-bond donors (Lipinski definition) is 2. The SMILES string of the molecule is NC1=NC2(CCCCC2)N(c2ccc(F)c(F)c2)C(N)=N1. The second kappa shape index (κ2) is 4.98. The number of hydrogen-bond acceptors (Lipinski definition) is 5. The van der Waals surface area contributed by atoms with Crippen molar-refractivity contribution < 1.29 is 8.78 Å². The summed E-state index contributed by atoms with van der Waals surface area (Å²) in [7, 11) is 0. The number of anilines is 1. The smallest absolute Gasteiger partial charge is 0.220 e. The van der Waals surface area contributed by atoms with E-state index in [4.69, 9.17) is 11.5 Å². The predicted molar refractivity (Wildman–Crippen MR) is 77.9 cm³/mol. The minimum atomic E-state index is -0.922. The molecule has 2 aliphatic rings. The van der Waals surface area contributed by atoms with Gasteiger partial charge in [0.2, 0.25) is 11.9 Å². The third kappa shape index (κ3) is 2.32. The first kappa shape index (κ1) is 13.8. The summed E-state index contributed by atoms with van der Waals surface area (Å²) in [5.74, 6) is -1.52. The third-order valence-electron chi connectivity index (χ3n) is 4.01. The lowest BCUT2D eigenvalue weighted by atomic mass is 9.87. The van der Waals surface area contributed by atoms with Crippen LogP contribution in [-0.2, 0) is 0 Å². The molecule has 1 aromatic rings. The maximum absolute atomic E-state index is 13.6. The molecule has 1 aromatic carbocycles. The first-order valence-electron chi connectivity index (χ1n) is 6.97. The van der Waals surface area contributed by atoms with Gasteiger partial charge in [0, 0.05) is 11.8 Å². The summed E-state index contributed by atoms with van der Waals surface area (Å²) in [5.41, 5.74) is 11.5. The van der Waals surface area contributed by atoms with Gasteiger partial charge in [-0.2, -0.15) is 4.99 Å². The van der Waals surface area contributed by atoms with Crippen LogP contribution in [0.1, 0.15) is 32.1 Å². The van der Waals surface area contributed by atoms with Crippen LogP contribution in [-0.4, -0.2) is 17.6 Å². The quantitative estimate of drug-likeness (QED) is 0.832. The van der Waals surface area contributed by atoms with E-state index in [-0.39, 0.29) is 11.9 Å². The highest BCUT2D eigenvalue weighted by molar-refractivity contribution is 6.05. The summed E-state index contributed by atoms with van der Waals surface area (Å²) < 4.78 is 26.7. The Labute approximate surface area is 121 Å². The zero-order valence-corrected chi connectivity index (χ0v) is 11.5. The van der Waals surface area contributed by atoms with Gasteiger partial charge in [0.1, 0.15) is 5.66 Å². The Hall–Kier alpha value is -2.18. The van der Waals surface area contributed by atoms with Gasteiger partial charge in [0.25, 0.3) is 0 Å².